The first kappa shape index (κ1) is 13.8. The molecule has 0 aliphatic rings. The molecule has 0 saturated carbocycles. The minimum absolute atomic E-state index is 0.151. The van der Waals surface area contributed by atoms with Crippen LogP contribution in [0, 0.1) is 6.92 Å². The number of nitrogens with one attached hydrogen (secondary N) is 1. The minimum Gasteiger partial charge on any atom is -0.339 e. The molecule has 0 aliphatic carbocycles. The number of amides is 1. The van der Waals surface area contributed by atoms with Crippen LogP contribution in [0.2, 0.25) is 0 Å². The van der Waals surface area contributed by atoms with Crippen molar-refractivity contribution in [2.75, 3.05) is 5.32 Å². The van der Waals surface area contributed by atoms with Crippen LogP contribution in [0.15, 0.2) is 21.3 Å². The summed E-state index contributed by atoms with van der Waals surface area (Å²) < 4.78 is 5.13. The summed E-state index contributed by atoms with van der Waals surface area (Å²) in [7, 11) is 0. The molecule has 21 heavy (non-hydrogen) atoms. The van der Waals surface area contributed by atoms with Gasteiger partial charge >= 0.3 is 0 Å². The van der Waals surface area contributed by atoms with E-state index < -0.39 is 0 Å². The monoisotopic (exact) mass is 321 g/mol. The predicted octanol–water partition coefficient (Wildman–Crippen LogP) is 2.53. The standard InChI is InChI=1S/C12H11N5O2S2/c1-7-15-16-12(21-7)13-9(18)2-3-10-14-11(17-19-10)8-4-5-20-6-8/h4-6H,2-3H2,1H3,(H,13,16,18). The fraction of sp³-hybridized carbons (Fsp3) is 0.250. The van der Waals surface area contributed by atoms with Crippen LogP contribution in [-0.2, 0) is 11.2 Å². The molecular weight excluding hydrogens is 310 g/mol. The predicted molar refractivity (Wildman–Crippen MR) is 79.2 cm³/mol. The average Bonchev–Trinajstić information content (AvgIpc) is 3.17. The van der Waals surface area contributed by atoms with Crippen LogP contribution in [0.3, 0.4) is 0 Å². The molecule has 0 atom stereocenters. The molecule has 9 heteroatoms. The maximum Gasteiger partial charge on any atom is 0.227 e. The summed E-state index contributed by atoms with van der Waals surface area (Å²) in [5.74, 6) is 0.840. The van der Waals surface area contributed by atoms with Crippen LogP contribution in [0.5, 0.6) is 0 Å². The molecule has 0 radical (unpaired) electrons. The molecule has 1 amide bonds. The molecule has 0 fully saturated rings. The zero-order chi connectivity index (χ0) is 14.7. The molecule has 0 aliphatic heterocycles. The van der Waals surface area contributed by atoms with E-state index in [0.29, 0.717) is 23.3 Å². The van der Waals surface area contributed by atoms with Gasteiger partial charge in [0.2, 0.25) is 22.8 Å². The van der Waals surface area contributed by atoms with E-state index in [4.69, 9.17) is 4.52 Å². The van der Waals surface area contributed by atoms with Crippen molar-refractivity contribution in [1.82, 2.24) is 20.3 Å². The molecule has 0 aromatic carbocycles. The van der Waals surface area contributed by atoms with Crippen molar-refractivity contribution in [3.63, 3.8) is 0 Å². The van der Waals surface area contributed by atoms with Gasteiger partial charge in [0.25, 0.3) is 0 Å². The number of carbonyl (C=O) groups excluding carboxylic acids is 1. The van der Waals surface area contributed by atoms with E-state index in [0.717, 1.165) is 10.6 Å². The Morgan fingerprint density at radius 1 is 1.43 bits per heavy atom. The number of anilines is 1. The van der Waals surface area contributed by atoms with Crippen molar-refractivity contribution < 1.29 is 9.32 Å². The highest BCUT2D eigenvalue weighted by Crippen LogP contribution is 2.19. The zero-order valence-electron chi connectivity index (χ0n) is 11.1. The highest BCUT2D eigenvalue weighted by atomic mass is 32.1. The molecule has 3 aromatic rings. The van der Waals surface area contributed by atoms with E-state index >= 15 is 0 Å². The molecule has 3 heterocycles. The Hall–Kier alpha value is -2.13. The van der Waals surface area contributed by atoms with Gasteiger partial charge in [0.05, 0.1) is 0 Å². The van der Waals surface area contributed by atoms with Crippen LogP contribution in [-0.4, -0.2) is 26.2 Å². The van der Waals surface area contributed by atoms with Crippen LogP contribution in [0.4, 0.5) is 5.13 Å². The SMILES string of the molecule is Cc1nnc(NC(=O)CCc2nc(-c3ccsc3)no2)s1. The number of carbonyl (C=O) groups is 1. The van der Waals surface area contributed by atoms with E-state index in [-0.39, 0.29) is 12.3 Å². The van der Waals surface area contributed by atoms with E-state index in [2.05, 4.69) is 25.7 Å². The van der Waals surface area contributed by atoms with Crippen LogP contribution < -0.4 is 5.32 Å². The van der Waals surface area contributed by atoms with Crippen molar-refractivity contribution >= 4 is 33.7 Å². The summed E-state index contributed by atoms with van der Waals surface area (Å²) in [6, 6.07) is 1.92. The second-order valence-corrected chi connectivity index (χ2v) is 6.16. The van der Waals surface area contributed by atoms with Crippen LogP contribution in [0.25, 0.3) is 11.4 Å². The molecule has 0 saturated heterocycles. The summed E-state index contributed by atoms with van der Waals surface area (Å²) in [4.78, 5) is 16.0. The first-order chi connectivity index (χ1) is 10.2. The Balaban J connectivity index is 1.54. The van der Waals surface area contributed by atoms with Gasteiger partial charge in [-0.05, 0) is 18.4 Å². The van der Waals surface area contributed by atoms with Crippen LogP contribution in [0.1, 0.15) is 17.3 Å². The lowest BCUT2D eigenvalue weighted by Crippen LogP contribution is -2.12. The molecule has 3 aromatic heterocycles. The van der Waals surface area contributed by atoms with Gasteiger partial charge in [-0.15, -0.1) is 10.2 Å². The highest BCUT2D eigenvalue weighted by molar-refractivity contribution is 7.15. The molecule has 0 spiro atoms. The van der Waals surface area contributed by atoms with Gasteiger partial charge in [-0.2, -0.15) is 16.3 Å². The van der Waals surface area contributed by atoms with Gasteiger partial charge in [-0.1, -0.05) is 16.5 Å². The number of aryl methyl sites for hydroxylation is 2. The third kappa shape index (κ3) is 3.50. The van der Waals surface area contributed by atoms with Crippen molar-refractivity contribution in [3.8, 4) is 11.4 Å². The minimum atomic E-state index is -0.151. The van der Waals surface area contributed by atoms with Crippen molar-refractivity contribution in [3.05, 3.63) is 27.7 Å². The molecule has 1 N–H and O–H groups in total. The van der Waals surface area contributed by atoms with E-state index in [1.54, 1.807) is 11.3 Å². The fourth-order valence-electron chi connectivity index (χ4n) is 1.61. The van der Waals surface area contributed by atoms with E-state index in [1.165, 1.54) is 11.3 Å². The molecule has 0 unspecified atom stereocenters. The smallest absolute Gasteiger partial charge is 0.227 e. The maximum atomic E-state index is 11.8. The van der Waals surface area contributed by atoms with Gasteiger partial charge in [-0.3, -0.25) is 4.79 Å². The summed E-state index contributed by atoms with van der Waals surface area (Å²) in [5.41, 5.74) is 0.920. The summed E-state index contributed by atoms with van der Waals surface area (Å²) >= 11 is 2.90. The average molecular weight is 321 g/mol. The molecular formula is C12H11N5O2S2. The third-order valence-electron chi connectivity index (χ3n) is 2.59. The molecule has 7 nitrogen and oxygen atoms in total. The Morgan fingerprint density at radius 2 is 2.33 bits per heavy atom. The van der Waals surface area contributed by atoms with Crippen LogP contribution >= 0.6 is 22.7 Å². The van der Waals surface area contributed by atoms with Gasteiger partial charge in [0, 0.05) is 23.8 Å². The Labute approximate surface area is 128 Å². The second-order valence-electron chi connectivity index (χ2n) is 4.20. The number of thiophene rings is 1. The topological polar surface area (TPSA) is 93.8 Å². The molecule has 0 bridgehead atoms. The Morgan fingerprint density at radius 3 is 3.05 bits per heavy atom. The normalized spacial score (nSPS) is 10.7. The fourth-order valence-corrected chi connectivity index (χ4v) is 2.86. The summed E-state index contributed by atoms with van der Waals surface area (Å²) in [6.07, 6.45) is 0.644. The number of rotatable bonds is 5. The molecule has 3 rings (SSSR count). The van der Waals surface area contributed by atoms with E-state index in [9.17, 15) is 4.79 Å². The first-order valence-corrected chi connectivity index (χ1v) is 7.92. The lowest BCUT2D eigenvalue weighted by molar-refractivity contribution is -0.116. The Bertz CT molecular complexity index is 735. The van der Waals surface area contributed by atoms with Crippen molar-refractivity contribution in [2.24, 2.45) is 0 Å². The van der Waals surface area contributed by atoms with Gasteiger partial charge < -0.3 is 9.84 Å². The first-order valence-electron chi connectivity index (χ1n) is 6.16. The van der Waals surface area contributed by atoms with Crippen molar-refractivity contribution in [2.45, 2.75) is 19.8 Å². The number of aromatic nitrogens is 4. The zero-order valence-corrected chi connectivity index (χ0v) is 12.7. The second kappa shape index (κ2) is 6.10. The van der Waals surface area contributed by atoms with E-state index in [1.807, 2.05) is 23.8 Å². The lowest BCUT2D eigenvalue weighted by Gasteiger charge is -1.97. The highest BCUT2D eigenvalue weighted by Gasteiger charge is 2.12. The number of hydrogen-bond donors (Lipinski definition) is 1. The third-order valence-corrected chi connectivity index (χ3v) is 4.02. The molecule has 108 valence electrons. The van der Waals surface area contributed by atoms with Gasteiger partial charge in [-0.25, -0.2) is 0 Å². The quantitative estimate of drug-likeness (QED) is 0.776. The Kier molecular flexibility index (Phi) is 4.02. The largest absolute Gasteiger partial charge is 0.339 e. The number of hydrogen-bond acceptors (Lipinski definition) is 8. The van der Waals surface area contributed by atoms with Gasteiger partial charge in [0.15, 0.2) is 0 Å². The number of nitrogens with zero attached hydrogens (tertiary/aromatic N) is 4. The van der Waals surface area contributed by atoms with Crippen molar-refractivity contribution in [1.29, 1.82) is 0 Å². The maximum absolute atomic E-state index is 11.8. The summed E-state index contributed by atoms with van der Waals surface area (Å²) in [6.45, 7) is 1.83. The summed E-state index contributed by atoms with van der Waals surface area (Å²) in [5, 5.41) is 19.4. The lowest BCUT2D eigenvalue weighted by atomic mass is 10.3. The van der Waals surface area contributed by atoms with Gasteiger partial charge in [0.1, 0.15) is 5.01 Å².